The molecular weight excluding hydrogens is 271 g/mol. The van der Waals surface area contributed by atoms with E-state index in [-0.39, 0.29) is 5.82 Å². The minimum Gasteiger partial charge on any atom is -0.381 e. The second-order valence-electron chi connectivity index (χ2n) is 3.74. The zero-order chi connectivity index (χ0) is 11.6. The van der Waals surface area contributed by atoms with Crippen LogP contribution in [0.3, 0.4) is 0 Å². The van der Waals surface area contributed by atoms with Crippen molar-refractivity contribution in [1.82, 2.24) is 0 Å². The second-order valence-corrected chi connectivity index (χ2v) is 4.53. The molecule has 0 aliphatic carbocycles. The number of unbranched alkanes of at least 4 members (excludes halogenated alkanes) is 2. The number of halogens is 2. The van der Waals surface area contributed by atoms with Gasteiger partial charge in [-0.1, -0.05) is 34.5 Å². The highest BCUT2D eigenvalue weighted by Crippen LogP contribution is 2.04. The van der Waals surface area contributed by atoms with E-state index in [4.69, 9.17) is 4.74 Å². The summed E-state index contributed by atoms with van der Waals surface area (Å²) in [6.45, 7) is 1.55. The Bertz CT molecular complexity index is 274. The maximum atomic E-state index is 12.6. The summed E-state index contributed by atoms with van der Waals surface area (Å²) in [7, 11) is 0. The van der Waals surface area contributed by atoms with Crippen LogP contribution in [-0.4, -0.2) is 18.5 Å². The monoisotopic (exact) mass is 288 g/mol. The number of hydrogen-bond donors (Lipinski definition) is 0. The van der Waals surface area contributed by atoms with Gasteiger partial charge in [-0.05, 0) is 37.0 Å². The third-order valence-electron chi connectivity index (χ3n) is 2.37. The maximum absolute atomic E-state index is 12.6. The highest BCUT2D eigenvalue weighted by atomic mass is 79.9. The zero-order valence-corrected chi connectivity index (χ0v) is 11.0. The minimum atomic E-state index is -0.181. The molecule has 0 radical (unpaired) electrons. The fourth-order valence-corrected chi connectivity index (χ4v) is 1.82. The molecule has 1 rings (SSSR count). The van der Waals surface area contributed by atoms with Gasteiger partial charge in [0.1, 0.15) is 5.82 Å². The molecule has 0 unspecified atom stereocenters. The Morgan fingerprint density at radius 1 is 1.00 bits per heavy atom. The smallest absolute Gasteiger partial charge is 0.123 e. The molecule has 1 nitrogen and oxygen atoms in total. The molecule has 0 N–H and O–H groups in total. The lowest BCUT2D eigenvalue weighted by Crippen LogP contribution is -2.00. The van der Waals surface area contributed by atoms with Crippen molar-refractivity contribution >= 4 is 15.9 Å². The van der Waals surface area contributed by atoms with Crippen LogP contribution in [0.5, 0.6) is 0 Å². The summed E-state index contributed by atoms with van der Waals surface area (Å²) in [6.07, 6.45) is 4.40. The largest absolute Gasteiger partial charge is 0.381 e. The SMILES string of the molecule is Fc1ccc(CCOCCCCCBr)cc1. The summed E-state index contributed by atoms with van der Waals surface area (Å²) in [6, 6.07) is 6.60. The molecule has 0 aliphatic heterocycles. The van der Waals surface area contributed by atoms with Gasteiger partial charge in [0.25, 0.3) is 0 Å². The van der Waals surface area contributed by atoms with Crippen molar-refractivity contribution in [3.8, 4) is 0 Å². The Morgan fingerprint density at radius 2 is 1.75 bits per heavy atom. The number of alkyl halides is 1. The molecule has 0 amide bonds. The molecule has 0 saturated heterocycles. The van der Waals surface area contributed by atoms with Crippen molar-refractivity contribution in [2.45, 2.75) is 25.7 Å². The van der Waals surface area contributed by atoms with Gasteiger partial charge in [0.05, 0.1) is 6.61 Å². The summed E-state index contributed by atoms with van der Waals surface area (Å²) in [4.78, 5) is 0. The quantitative estimate of drug-likeness (QED) is 0.520. The van der Waals surface area contributed by atoms with E-state index in [1.807, 2.05) is 12.1 Å². The van der Waals surface area contributed by atoms with Crippen molar-refractivity contribution in [3.05, 3.63) is 35.6 Å². The van der Waals surface area contributed by atoms with Gasteiger partial charge in [-0.3, -0.25) is 0 Å². The van der Waals surface area contributed by atoms with E-state index in [0.717, 1.165) is 36.9 Å². The van der Waals surface area contributed by atoms with Gasteiger partial charge in [-0.2, -0.15) is 0 Å². The van der Waals surface area contributed by atoms with Crippen LogP contribution in [0.4, 0.5) is 4.39 Å². The second kappa shape index (κ2) is 8.71. The average molecular weight is 289 g/mol. The molecule has 0 atom stereocenters. The first-order chi connectivity index (χ1) is 7.83. The van der Waals surface area contributed by atoms with Gasteiger partial charge >= 0.3 is 0 Å². The third kappa shape index (κ3) is 6.23. The van der Waals surface area contributed by atoms with Crippen LogP contribution in [0.25, 0.3) is 0 Å². The zero-order valence-electron chi connectivity index (χ0n) is 9.42. The molecule has 0 fully saturated rings. The molecule has 1 aromatic carbocycles. The topological polar surface area (TPSA) is 9.23 Å². The summed E-state index contributed by atoms with van der Waals surface area (Å²) in [5, 5.41) is 1.07. The molecular formula is C13H18BrFO. The van der Waals surface area contributed by atoms with Gasteiger partial charge in [-0.15, -0.1) is 0 Å². The Kier molecular flexibility index (Phi) is 7.43. The molecule has 0 saturated carbocycles. The van der Waals surface area contributed by atoms with Crippen LogP contribution in [0.15, 0.2) is 24.3 Å². The Balaban J connectivity index is 2.01. The lowest BCUT2D eigenvalue weighted by atomic mass is 10.2. The summed E-state index contributed by atoms with van der Waals surface area (Å²) >= 11 is 3.40. The first-order valence-corrected chi connectivity index (χ1v) is 6.83. The van der Waals surface area contributed by atoms with Crippen molar-refractivity contribution < 1.29 is 9.13 Å². The van der Waals surface area contributed by atoms with Crippen LogP contribution in [0, 0.1) is 5.82 Å². The van der Waals surface area contributed by atoms with Crippen LogP contribution < -0.4 is 0 Å². The molecule has 0 aliphatic rings. The van der Waals surface area contributed by atoms with Crippen LogP contribution in [-0.2, 0) is 11.2 Å². The minimum absolute atomic E-state index is 0.181. The van der Waals surface area contributed by atoms with Crippen LogP contribution in [0.2, 0.25) is 0 Å². The Morgan fingerprint density at radius 3 is 2.44 bits per heavy atom. The highest BCUT2D eigenvalue weighted by Gasteiger charge is 1.94. The summed E-state index contributed by atoms with van der Waals surface area (Å²) in [5.41, 5.74) is 1.13. The van der Waals surface area contributed by atoms with Gasteiger partial charge in [0, 0.05) is 11.9 Å². The summed E-state index contributed by atoms with van der Waals surface area (Å²) < 4.78 is 18.1. The number of rotatable bonds is 8. The standard InChI is InChI=1S/C13H18BrFO/c14-9-2-1-3-10-16-11-8-12-4-6-13(15)7-5-12/h4-7H,1-3,8-11H2. The normalized spacial score (nSPS) is 10.6. The van der Waals surface area contributed by atoms with E-state index in [1.54, 1.807) is 0 Å². The maximum Gasteiger partial charge on any atom is 0.123 e. The first kappa shape index (κ1) is 13.7. The summed E-state index contributed by atoms with van der Waals surface area (Å²) in [5.74, 6) is -0.181. The highest BCUT2D eigenvalue weighted by molar-refractivity contribution is 9.09. The van der Waals surface area contributed by atoms with Crippen molar-refractivity contribution in [2.24, 2.45) is 0 Å². The molecule has 16 heavy (non-hydrogen) atoms. The van der Waals surface area contributed by atoms with Gasteiger partial charge in [-0.25, -0.2) is 4.39 Å². The molecule has 3 heteroatoms. The Hall–Kier alpha value is -0.410. The molecule has 1 aromatic rings. The van der Waals surface area contributed by atoms with Gasteiger partial charge < -0.3 is 4.74 Å². The van der Waals surface area contributed by atoms with E-state index in [1.165, 1.54) is 25.0 Å². The fourth-order valence-electron chi connectivity index (χ4n) is 1.42. The van der Waals surface area contributed by atoms with E-state index in [9.17, 15) is 4.39 Å². The number of benzene rings is 1. The van der Waals surface area contributed by atoms with Gasteiger partial charge in [0.15, 0.2) is 0 Å². The van der Waals surface area contributed by atoms with Crippen LogP contribution in [0.1, 0.15) is 24.8 Å². The van der Waals surface area contributed by atoms with Crippen LogP contribution >= 0.6 is 15.9 Å². The first-order valence-electron chi connectivity index (χ1n) is 5.71. The van der Waals surface area contributed by atoms with Crippen molar-refractivity contribution in [2.75, 3.05) is 18.5 Å². The molecule has 0 bridgehead atoms. The molecule has 90 valence electrons. The number of ether oxygens (including phenoxy) is 1. The average Bonchev–Trinajstić information content (AvgIpc) is 2.30. The van der Waals surface area contributed by atoms with E-state index in [2.05, 4.69) is 15.9 Å². The fraction of sp³-hybridized carbons (Fsp3) is 0.538. The predicted octanol–water partition coefficient (Wildman–Crippen LogP) is 3.95. The third-order valence-corrected chi connectivity index (χ3v) is 2.93. The lowest BCUT2D eigenvalue weighted by Gasteiger charge is -2.04. The van der Waals surface area contributed by atoms with E-state index < -0.39 is 0 Å². The molecule has 0 aromatic heterocycles. The number of hydrogen-bond acceptors (Lipinski definition) is 1. The lowest BCUT2D eigenvalue weighted by molar-refractivity contribution is 0.133. The van der Waals surface area contributed by atoms with Crippen molar-refractivity contribution in [1.29, 1.82) is 0 Å². The van der Waals surface area contributed by atoms with E-state index >= 15 is 0 Å². The predicted molar refractivity (Wildman–Crippen MR) is 68.6 cm³/mol. The molecule has 0 heterocycles. The molecule has 0 spiro atoms. The van der Waals surface area contributed by atoms with Gasteiger partial charge in [0.2, 0.25) is 0 Å². The van der Waals surface area contributed by atoms with E-state index in [0.29, 0.717) is 0 Å². The Labute approximate surface area is 105 Å². The van der Waals surface area contributed by atoms with Crippen molar-refractivity contribution in [3.63, 3.8) is 0 Å².